The third kappa shape index (κ3) is 5.42. The van der Waals surface area contributed by atoms with Crippen molar-refractivity contribution in [3.05, 3.63) is 24.3 Å². The smallest absolute Gasteiger partial charge is 0.475 e. The maximum Gasteiger partial charge on any atom is 0.490 e. The molecular formula is C17H22F3N5O5. The van der Waals surface area contributed by atoms with Gasteiger partial charge in [-0.15, -0.1) is 0 Å². The SMILES string of the molecule is C[C@@H](O)[C@@H](C(=O)NCc1ncccn1)N1CC2(CCCN2)C1=O.O=C(O)C(F)(F)F. The van der Waals surface area contributed by atoms with Crippen molar-refractivity contribution in [2.24, 2.45) is 0 Å². The molecule has 30 heavy (non-hydrogen) atoms. The van der Waals surface area contributed by atoms with E-state index in [-0.39, 0.29) is 12.5 Å². The van der Waals surface area contributed by atoms with Gasteiger partial charge < -0.3 is 25.7 Å². The van der Waals surface area contributed by atoms with Gasteiger partial charge >= 0.3 is 12.1 Å². The Labute approximate surface area is 169 Å². The number of hydrogen-bond acceptors (Lipinski definition) is 7. The Hall–Kier alpha value is -2.80. The van der Waals surface area contributed by atoms with Crippen LogP contribution in [0.25, 0.3) is 0 Å². The predicted octanol–water partition coefficient (Wildman–Crippen LogP) is -0.560. The summed E-state index contributed by atoms with van der Waals surface area (Å²) in [7, 11) is 0. The van der Waals surface area contributed by atoms with Crippen LogP contribution >= 0.6 is 0 Å². The lowest BCUT2D eigenvalue weighted by Crippen LogP contribution is -2.76. The first-order valence-corrected chi connectivity index (χ1v) is 9.06. The Kier molecular flexibility index (Phi) is 7.31. The Balaban J connectivity index is 0.000000396. The van der Waals surface area contributed by atoms with Crippen LogP contribution in [0.5, 0.6) is 0 Å². The Bertz CT molecular complexity index is 769. The zero-order chi connectivity index (χ0) is 22.5. The van der Waals surface area contributed by atoms with Gasteiger partial charge in [0.15, 0.2) is 0 Å². The van der Waals surface area contributed by atoms with Crippen LogP contribution < -0.4 is 10.6 Å². The zero-order valence-corrected chi connectivity index (χ0v) is 16.0. The molecule has 0 aliphatic carbocycles. The van der Waals surface area contributed by atoms with Crippen molar-refractivity contribution in [3.8, 4) is 0 Å². The summed E-state index contributed by atoms with van der Waals surface area (Å²) >= 11 is 0. The third-order valence-electron chi connectivity index (χ3n) is 4.70. The van der Waals surface area contributed by atoms with Crippen LogP contribution in [0.3, 0.4) is 0 Å². The lowest BCUT2D eigenvalue weighted by molar-refractivity contribution is -0.192. The van der Waals surface area contributed by atoms with E-state index in [0.717, 1.165) is 19.4 Å². The molecule has 3 atom stereocenters. The van der Waals surface area contributed by atoms with E-state index in [1.807, 2.05) is 0 Å². The van der Waals surface area contributed by atoms with Crippen LogP contribution in [-0.4, -0.2) is 79.8 Å². The number of carboxylic acid groups (broad SMARTS) is 1. The van der Waals surface area contributed by atoms with E-state index < -0.39 is 35.7 Å². The van der Waals surface area contributed by atoms with E-state index in [0.29, 0.717) is 12.4 Å². The highest BCUT2D eigenvalue weighted by Gasteiger charge is 2.57. The van der Waals surface area contributed by atoms with Crippen LogP contribution in [0.2, 0.25) is 0 Å². The van der Waals surface area contributed by atoms with Crippen molar-refractivity contribution in [3.63, 3.8) is 0 Å². The topological polar surface area (TPSA) is 145 Å². The number of aliphatic hydroxyl groups is 1. The lowest BCUT2D eigenvalue weighted by Gasteiger charge is -2.50. The molecule has 2 aliphatic heterocycles. The molecule has 10 nitrogen and oxygen atoms in total. The van der Waals surface area contributed by atoms with Crippen molar-refractivity contribution in [2.45, 2.75) is 50.2 Å². The number of nitrogens with zero attached hydrogens (tertiary/aromatic N) is 3. The number of aromatic nitrogens is 2. The number of aliphatic hydroxyl groups excluding tert-OH is 1. The Morgan fingerprint density at radius 2 is 1.97 bits per heavy atom. The van der Waals surface area contributed by atoms with E-state index in [2.05, 4.69) is 20.6 Å². The molecule has 2 aliphatic rings. The number of rotatable bonds is 5. The molecule has 166 valence electrons. The predicted molar refractivity (Wildman–Crippen MR) is 94.7 cm³/mol. The molecule has 3 rings (SSSR count). The van der Waals surface area contributed by atoms with Crippen LogP contribution in [0.4, 0.5) is 13.2 Å². The molecule has 3 heterocycles. The molecule has 4 N–H and O–H groups in total. The minimum Gasteiger partial charge on any atom is -0.475 e. The summed E-state index contributed by atoms with van der Waals surface area (Å²) in [6.45, 7) is 2.95. The number of aliphatic carboxylic acids is 1. The van der Waals surface area contributed by atoms with E-state index in [4.69, 9.17) is 9.90 Å². The number of halogens is 3. The number of β-lactam (4-membered cyclic amide) rings is 1. The fourth-order valence-corrected chi connectivity index (χ4v) is 3.28. The van der Waals surface area contributed by atoms with Gasteiger partial charge in [0.2, 0.25) is 11.8 Å². The molecule has 0 bridgehead atoms. The second-order valence-electron chi connectivity index (χ2n) is 6.92. The molecule has 1 spiro atoms. The molecule has 13 heteroatoms. The summed E-state index contributed by atoms with van der Waals surface area (Å²) in [4.78, 5) is 43.3. The highest BCUT2D eigenvalue weighted by atomic mass is 19.4. The molecule has 0 radical (unpaired) electrons. The normalized spacial score (nSPS) is 22.6. The summed E-state index contributed by atoms with van der Waals surface area (Å²) in [6, 6.07) is 0.802. The maximum atomic E-state index is 12.5. The van der Waals surface area contributed by atoms with Crippen molar-refractivity contribution in [2.75, 3.05) is 13.1 Å². The molecule has 2 fully saturated rings. The molecule has 0 saturated carbocycles. The van der Waals surface area contributed by atoms with Gasteiger partial charge in [-0.05, 0) is 32.4 Å². The van der Waals surface area contributed by atoms with Crippen molar-refractivity contribution in [1.29, 1.82) is 0 Å². The summed E-state index contributed by atoms with van der Waals surface area (Å²) < 4.78 is 31.7. The molecule has 2 saturated heterocycles. The third-order valence-corrected chi connectivity index (χ3v) is 4.70. The molecule has 0 aromatic carbocycles. The fraction of sp³-hybridized carbons (Fsp3) is 0.588. The average Bonchev–Trinajstić information content (AvgIpc) is 3.18. The second-order valence-corrected chi connectivity index (χ2v) is 6.92. The fourth-order valence-electron chi connectivity index (χ4n) is 3.28. The van der Waals surface area contributed by atoms with Crippen LogP contribution in [0.15, 0.2) is 18.5 Å². The van der Waals surface area contributed by atoms with Crippen LogP contribution in [-0.2, 0) is 20.9 Å². The first kappa shape index (κ1) is 23.5. The highest BCUT2D eigenvalue weighted by molar-refractivity contribution is 5.97. The summed E-state index contributed by atoms with van der Waals surface area (Å²) in [5, 5.41) is 23.0. The second kappa shape index (κ2) is 9.34. The molecular weight excluding hydrogens is 411 g/mol. The van der Waals surface area contributed by atoms with Crippen molar-refractivity contribution in [1.82, 2.24) is 25.5 Å². The van der Waals surface area contributed by atoms with E-state index >= 15 is 0 Å². The summed E-state index contributed by atoms with van der Waals surface area (Å²) in [5.41, 5.74) is -0.518. The first-order chi connectivity index (χ1) is 14.0. The molecule has 1 aromatic heterocycles. The van der Waals surface area contributed by atoms with Gasteiger partial charge in [0.1, 0.15) is 17.4 Å². The zero-order valence-electron chi connectivity index (χ0n) is 16.0. The number of carbonyl (C=O) groups is 3. The van der Waals surface area contributed by atoms with Crippen molar-refractivity contribution >= 4 is 17.8 Å². The number of likely N-dealkylation sites (tertiary alicyclic amines) is 1. The molecule has 2 amide bonds. The van der Waals surface area contributed by atoms with Crippen LogP contribution in [0.1, 0.15) is 25.6 Å². The van der Waals surface area contributed by atoms with Gasteiger partial charge in [0, 0.05) is 18.9 Å². The minimum atomic E-state index is -5.08. The van der Waals surface area contributed by atoms with Crippen LogP contribution in [0, 0.1) is 0 Å². The minimum absolute atomic E-state index is 0.105. The van der Waals surface area contributed by atoms with Gasteiger partial charge in [-0.3, -0.25) is 9.59 Å². The quantitative estimate of drug-likeness (QED) is 0.453. The van der Waals surface area contributed by atoms with Gasteiger partial charge in [0.05, 0.1) is 12.6 Å². The van der Waals surface area contributed by atoms with Gasteiger partial charge in [-0.1, -0.05) is 0 Å². The number of alkyl halides is 3. The summed E-state index contributed by atoms with van der Waals surface area (Å²) in [5.74, 6) is -2.78. The average molecular weight is 433 g/mol. The first-order valence-electron chi connectivity index (χ1n) is 9.06. The highest BCUT2D eigenvalue weighted by Crippen LogP contribution is 2.33. The number of carbonyl (C=O) groups excluding carboxylic acids is 2. The number of nitrogens with one attached hydrogen (secondary N) is 2. The number of amides is 2. The summed E-state index contributed by atoms with van der Waals surface area (Å²) in [6.07, 6.45) is -1.11. The largest absolute Gasteiger partial charge is 0.490 e. The molecule has 1 aromatic rings. The van der Waals surface area contributed by atoms with E-state index in [1.54, 1.807) is 18.5 Å². The standard InChI is InChI=1S/C15H21N5O3.C2HF3O2/c1-10(21)12(13(22)18-8-11-16-5-3-6-17-11)20-9-15(14(20)23)4-2-7-19-15;3-2(4,5)1(6)7/h3,5-6,10,12,19,21H,2,4,7-9H2,1H3,(H,18,22);(H,6,7)/t10-,12+,15?;/m1./s1. The Morgan fingerprint density at radius 1 is 1.37 bits per heavy atom. The molecule has 1 unspecified atom stereocenters. The van der Waals surface area contributed by atoms with Crippen molar-refractivity contribution < 1.29 is 37.8 Å². The van der Waals surface area contributed by atoms with Gasteiger partial charge in [0.25, 0.3) is 0 Å². The number of carboxylic acids is 1. The van der Waals surface area contributed by atoms with E-state index in [1.165, 1.54) is 11.8 Å². The number of hydrogen-bond donors (Lipinski definition) is 4. The maximum absolute atomic E-state index is 12.5. The lowest BCUT2D eigenvalue weighted by atomic mass is 9.84. The van der Waals surface area contributed by atoms with E-state index in [9.17, 15) is 27.9 Å². The van der Waals surface area contributed by atoms with Gasteiger partial charge in [-0.25, -0.2) is 14.8 Å². The van der Waals surface area contributed by atoms with Gasteiger partial charge in [-0.2, -0.15) is 13.2 Å². The Morgan fingerprint density at radius 3 is 2.40 bits per heavy atom. The monoisotopic (exact) mass is 433 g/mol.